The zero-order valence-electron chi connectivity index (χ0n) is 15.7. The summed E-state index contributed by atoms with van der Waals surface area (Å²) in [7, 11) is -0.730. The van der Waals surface area contributed by atoms with E-state index in [1.54, 1.807) is 0 Å². The minimum absolute atomic E-state index is 0.0938. The lowest BCUT2D eigenvalue weighted by Crippen LogP contribution is -2.27. The molecule has 5 nitrogen and oxygen atoms in total. The van der Waals surface area contributed by atoms with Gasteiger partial charge >= 0.3 is 0 Å². The summed E-state index contributed by atoms with van der Waals surface area (Å²) in [5.74, 6) is 2.12. The van der Waals surface area contributed by atoms with Gasteiger partial charge in [0.25, 0.3) is 0 Å². The van der Waals surface area contributed by atoms with Gasteiger partial charge in [-0.1, -0.05) is 32.2 Å². The monoisotopic (exact) mass is 422 g/mol. The predicted octanol–water partition coefficient (Wildman–Crippen LogP) is 3.56. The van der Waals surface area contributed by atoms with Crippen LogP contribution in [0.3, 0.4) is 0 Å². The normalized spacial score (nSPS) is 13.3. The topological polar surface area (TPSA) is 76.0 Å². The summed E-state index contributed by atoms with van der Waals surface area (Å²) in [4.78, 5) is 0. The summed E-state index contributed by atoms with van der Waals surface area (Å²) in [5.41, 5.74) is -2.39. The molecule has 0 radical (unpaired) electrons. The maximum absolute atomic E-state index is 11.2. The number of hydrogen-bond donors (Lipinski definition) is 2. The maximum Gasteiger partial charge on any atom is 0.247 e. The Morgan fingerprint density at radius 2 is 1.50 bits per heavy atom. The number of aliphatic hydroxyl groups is 2. The molecule has 148 valence electrons. The van der Waals surface area contributed by atoms with E-state index in [9.17, 15) is 4.21 Å². The number of hydrogen-bond acceptors (Lipinski definition) is 7. The summed E-state index contributed by atoms with van der Waals surface area (Å²) >= 11 is 6.82. The smallest absolute Gasteiger partial charge is 0.247 e. The Bertz CT molecular complexity index is 338. The molecule has 0 aliphatic carbocycles. The van der Waals surface area contributed by atoms with Crippen LogP contribution >= 0.6 is 17.1 Å². The second-order valence-corrected chi connectivity index (χ2v) is 13.4. The Morgan fingerprint density at radius 3 is 1.75 bits per heavy atom. The van der Waals surface area contributed by atoms with E-state index in [2.05, 4.69) is 0 Å². The van der Waals surface area contributed by atoms with Crippen LogP contribution in [-0.4, -0.2) is 58.1 Å². The molecule has 1 unspecified atom stereocenters. The van der Waals surface area contributed by atoms with Gasteiger partial charge in [0, 0.05) is 33.5 Å². The van der Waals surface area contributed by atoms with Crippen molar-refractivity contribution in [1.29, 1.82) is 0 Å². The van der Waals surface area contributed by atoms with E-state index >= 15 is 0 Å². The van der Waals surface area contributed by atoms with Gasteiger partial charge in [-0.2, -0.15) is 0 Å². The fourth-order valence-corrected chi connectivity index (χ4v) is 7.70. The molecule has 24 heavy (non-hydrogen) atoms. The Hall–Kier alpha value is 0.990. The highest BCUT2D eigenvalue weighted by atomic mass is 32.9. The van der Waals surface area contributed by atoms with Gasteiger partial charge in [-0.05, 0) is 38.5 Å². The van der Waals surface area contributed by atoms with Crippen LogP contribution in [-0.2, 0) is 31.7 Å². The van der Waals surface area contributed by atoms with Crippen molar-refractivity contribution in [2.24, 2.45) is 5.41 Å². The Balaban J connectivity index is 0. The molecule has 0 aromatic carbocycles. The van der Waals surface area contributed by atoms with E-state index in [0.29, 0.717) is 24.7 Å². The Morgan fingerprint density at radius 1 is 1.04 bits per heavy atom. The van der Waals surface area contributed by atoms with Crippen LogP contribution in [0, 0.1) is 5.41 Å². The molecule has 0 spiro atoms. The first-order valence-electron chi connectivity index (χ1n) is 8.42. The van der Waals surface area contributed by atoms with Crippen molar-refractivity contribution in [3.05, 3.63) is 0 Å². The molecule has 1 atom stereocenters. The van der Waals surface area contributed by atoms with E-state index in [4.69, 9.17) is 31.1 Å². The first-order chi connectivity index (χ1) is 11.3. The van der Waals surface area contributed by atoms with E-state index in [-0.39, 0.29) is 18.6 Å². The third-order valence-electron chi connectivity index (χ3n) is 3.63. The van der Waals surface area contributed by atoms with Crippen LogP contribution in [0.4, 0.5) is 0 Å². The van der Waals surface area contributed by atoms with Gasteiger partial charge in [-0.25, -0.2) is 0 Å². The molecule has 0 amide bonds. The van der Waals surface area contributed by atoms with Crippen molar-refractivity contribution in [3.63, 3.8) is 0 Å². The van der Waals surface area contributed by atoms with Crippen molar-refractivity contribution in [3.8, 4) is 0 Å². The summed E-state index contributed by atoms with van der Waals surface area (Å²) < 4.78 is 22.1. The van der Waals surface area contributed by atoms with Crippen LogP contribution in [0.25, 0.3) is 0 Å². The van der Waals surface area contributed by atoms with Gasteiger partial charge in [0.1, 0.15) is 0 Å². The lowest BCUT2D eigenvalue weighted by Gasteiger charge is -2.25. The zero-order valence-corrected chi connectivity index (χ0v) is 19.0. The highest BCUT2D eigenvalue weighted by molar-refractivity contribution is 8.67. The summed E-state index contributed by atoms with van der Waals surface area (Å²) in [5, 5.41) is 17.6. The van der Waals surface area contributed by atoms with Crippen LogP contribution in [0.1, 0.15) is 47.5 Å². The van der Waals surface area contributed by atoms with E-state index in [1.807, 2.05) is 34.6 Å². The molecule has 0 aromatic rings. The molecule has 0 aromatic heterocycles. The fourth-order valence-electron chi connectivity index (χ4n) is 1.56. The van der Waals surface area contributed by atoms with Gasteiger partial charge in [0.05, 0.1) is 26.4 Å². The molecular formula is C15H35O5PS3. The molecule has 0 fully saturated rings. The predicted molar refractivity (Wildman–Crippen MR) is 111 cm³/mol. The summed E-state index contributed by atoms with van der Waals surface area (Å²) in [6, 6.07) is 0. The van der Waals surface area contributed by atoms with Crippen molar-refractivity contribution in [2.75, 3.05) is 43.7 Å². The molecule has 0 saturated carbocycles. The highest BCUT2D eigenvalue weighted by Gasteiger charge is 2.23. The second kappa shape index (κ2) is 16.2. The molecule has 0 saturated heterocycles. The molecule has 0 rings (SSSR count). The lowest BCUT2D eigenvalue weighted by molar-refractivity contribution is 0.0480. The zero-order chi connectivity index (χ0) is 19.1. The molecule has 0 aliphatic rings. The molecule has 0 aliphatic heterocycles. The number of rotatable bonds is 13. The average Bonchev–Trinajstić information content (AvgIpc) is 2.58. The highest BCUT2D eigenvalue weighted by Crippen LogP contribution is 2.60. The van der Waals surface area contributed by atoms with Crippen molar-refractivity contribution in [1.82, 2.24) is 0 Å². The molecular weight excluding hydrogens is 387 g/mol. The van der Waals surface area contributed by atoms with Gasteiger partial charge in [0.15, 0.2) is 0 Å². The Kier molecular flexibility index (Phi) is 18.4. The molecule has 0 bridgehead atoms. The van der Waals surface area contributed by atoms with Crippen molar-refractivity contribution in [2.45, 2.75) is 47.5 Å². The molecule has 0 heterocycles. The standard InChI is InChI=1S/C8H19O3PS3.C7H16O2/c1-4-10-12(13,11-5-2)14-7-8-15(9)6-3;1-3-7(4-2,5-8)6-9/h4-8H2,1-3H3;8-9H,3-6H2,1-2H3. The van der Waals surface area contributed by atoms with Crippen molar-refractivity contribution >= 4 is 39.7 Å². The van der Waals surface area contributed by atoms with Gasteiger partial charge in [-0.15, -0.1) is 0 Å². The van der Waals surface area contributed by atoms with E-state index in [0.717, 1.165) is 18.6 Å². The number of aliphatic hydroxyl groups excluding tert-OH is 2. The SMILES string of the molecule is CCC(CC)(CO)CO.CCOP(=S)(OCC)SCCS(=O)CC. The third-order valence-corrected chi connectivity index (χ3v) is 10.8. The van der Waals surface area contributed by atoms with Crippen LogP contribution < -0.4 is 0 Å². The average molecular weight is 423 g/mol. The largest absolute Gasteiger partial charge is 0.396 e. The van der Waals surface area contributed by atoms with Crippen LogP contribution in [0.2, 0.25) is 0 Å². The van der Waals surface area contributed by atoms with Gasteiger partial charge < -0.3 is 19.3 Å². The summed E-state index contributed by atoms with van der Waals surface area (Å²) in [6.45, 7) is 11.0. The van der Waals surface area contributed by atoms with E-state index < -0.39 is 16.5 Å². The first-order valence-corrected chi connectivity index (χ1v) is 14.1. The molecule has 2 N–H and O–H groups in total. The first kappa shape index (κ1) is 27.2. The Labute approximate surface area is 159 Å². The molecule has 9 heteroatoms. The maximum atomic E-state index is 11.2. The second-order valence-electron chi connectivity index (χ2n) is 5.07. The lowest BCUT2D eigenvalue weighted by atomic mass is 9.84. The summed E-state index contributed by atoms with van der Waals surface area (Å²) in [6.07, 6.45) is 1.69. The van der Waals surface area contributed by atoms with E-state index in [1.165, 1.54) is 11.4 Å². The third kappa shape index (κ3) is 12.4. The quantitative estimate of drug-likeness (QED) is 0.440. The van der Waals surface area contributed by atoms with Crippen molar-refractivity contribution < 1.29 is 23.5 Å². The minimum atomic E-state index is -2.17. The van der Waals surface area contributed by atoms with Gasteiger partial charge in [-0.3, -0.25) is 4.21 Å². The minimum Gasteiger partial charge on any atom is -0.396 e. The van der Waals surface area contributed by atoms with Crippen LogP contribution in [0.15, 0.2) is 0 Å². The van der Waals surface area contributed by atoms with Crippen LogP contribution in [0.5, 0.6) is 0 Å². The fraction of sp³-hybridized carbons (Fsp3) is 1.00. The van der Waals surface area contributed by atoms with Gasteiger partial charge in [0.2, 0.25) is 5.69 Å².